The molecule has 36 heavy (non-hydrogen) atoms. The van der Waals surface area contributed by atoms with Crippen molar-refractivity contribution in [3.05, 3.63) is 0 Å². The van der Waals surface area contributed by atoms with E-state index in [2.05, 4.69) is 5.32 Å². The monoisotopic (exact) mass is 525 g/mol. The number of nitrogens with one attached hydrogen (secondary N) is 1. The highest BCUT2D eigenvalue weighted by Gasteiger charge is 2.50. The average Bonchev–Trinajstić information content (AvgIpc) is 2.87. The molecule has 2 rings (SSSR count). The van der Waals surface area contributed by atoms with Crippen LogP contribution in [-0.2, 0) is 23.7 Å². The normalized spacial score (nSPS) is 37.1. The van der Waals surface area contributed by atoms with Gasteiger partial charge in [0.2, 0.25) is 5.91 Å². The van der Waals surface area contributed by atoms with E-state index in [9.17, 15) is 40.5 Å². The molecule has 0 saturated carbocycles. The molecule has 2 aliphatic rings. The van der Waals surface area contributed by atoms with E-state index in [0.29, 0.717) is 19.4 Å². The fraction of sp³-hybridized carbons (Fsp3) is 0.957. The van der Waals surface area contributed by atoms with Crippen molar-refractivity contribution in [3.63, 3.8) is 0 Å². The minimum Gasteiger partial charge on any atom is -0.394 e. The molecular weight excluding hydrogens is 482 g/mol. The van der Waals surface area contributed by atoms with Crippen molar-refractivity contribution in [1.82, 2.24) is 5.32 Å². The molecule has 0 aromatic heterocycles. The summed E-state index contributed by atoms with van der Waals surface area (Å²) in [6, 6.07) is 0. The first kappa shape index (κ1) is 31.2. The number of aliphatic hydroxyl groups is 7. The number of hydrogen-bond acceptors (Lipinski definition) is 12. The van der Waals surface area contributed by atoms with Gasteiger partial charge in [0.05, 0.1) is 13.2 Å². The van der Waals surface area contributed by atoms with Crippen molar-refractivity contribution in [2.24, 2.45) is 0 Å². The maximum atomic E-state index is 11.6. The second-order valence-electron chi connectivity index (χ2n) is 9.24. The first-order chi connectivity index (χ1) is 17.2. The number of rotatable bonds is 15. The summed E-state index contributed by atoms with van der Waals surface area (Å²) in [7, 11) is 0. The molecule has 2 saturated heterocycles. The lowest BCUT2D eigenvalue weighted by atomic mass is 9.97. The van der Waals surface area contributed by atoms with Gasteiger partial charge < -0.3 is 60.0 Å². The van der Waals surface area contributed by atoms with Gasteiger partial charge in [0.1, 0.15) is 48.8 Å². The Morgan fingerprint density at radius 2 is 1.42 bits per heavy atom. The standard InChI is InChI=1S/C23H43NO12/c1-2-3-8-15(27)24-9-6-4-5-7-10-33-22-20(32)21(17(29)14(12-26)34-22)36-23-19(31)18(30)16(28)13(11-25)35-23/h13-14,16-23,25-26,28-32H,2-12H2,1H3,(H,24,27). The van der Waals surface area contributed by atoms with Gasteiger partial charge in [-0.15, -0.1) is 0 Å². The first-order valence-corrected chi connectivity index (χ1v) is 12.7. The van der Waals surface area contributed by atoms with Crippen molar-refractivity contribution in [2.45, 2.75) is 113 Å². The lowest BCUT2D eigenvalue weighted by Gasteiger charge is -2.45. The van der Waals surface area contributed by atoms with Gasteiger partial charge in [-0.3, -0.25) is 4.79 Å². The third-order valence-corrected chi connectivity index (χ3v) is 6.39. The van der Waals surface area contributed by atoms with Crippen LogP contribution in [0.2, 0.25) is 0 Å². The molecule has 0 bridgehead atoms. The third kappa shape index (κ3) is 8.81. The molecule has 0 aromatic carbocycles. The summed E-state index contributed by atoms with van der Waals surface area (Å²) in [6.07, 6.45) is -9.19. The number of amides is 1. The van der Waals surface area contributed by atoms with Crippen molar-refractivity contribution in [3.8, 4) is 0 Å². The maximum absolute atomic E-state index is 11.6. The number of hydrogen-bond donors (Lipinski definition) is 8. The smallest absolute Gasteiger partial charge is 0.219 e. The summed E-state index contributed by atoms with van der Waals surface area (Å²) >= 11 is 0. The Bertz CT molecular complexity index is 626. The van der Waals surface area contributed by atoms with Crippen molar-refractivity contribution >= 4 is 5.91 Å². The Labute approximate surface area is 210 Å². The Hall–Kier alpha value is -0.970. The fourth-order valence-corrected chi connectivity index (χ4v) is 4.12. The molecule has 2 heterocycles. The summed E-state index contributed by atoms with van der Waals surface area (Å²) in [5.41, 5.74) is 0. The van der Waals surface area contributed by atoms with Crippen molar-refractivity contribution < 1.29 is 59.5 Å². The van der Waals surface area contributed by atoms with E-state index in [-0.39, 0.29) is 12.5 Å². The highest BCUT2D eigenvalue weighted by atomic mass is 16.7. The molecule has 0 aliphatic carbocycles. The Morgan fingerprint density at radius 1 is 0.778 bits per heavy atom. The molecular formula is C23H43NO12. The van der Waals surface area contributed by atoms with Gasteiger partial charge in [0.25, 0.3) is 0 Å². The van der Waals surface area contributed by atoms with E-state index in [1.807, 2.05) is 6.92 Å². The molecule has 0 aromatic rings. The van der Waals surface area contributed by atoms with Crippen LogP contribution in [0, 0.1) is 0 Å². The zero-order valence-electron chi connectivity index (χ0n) is 20.7. The second kappa shape index (κ2) is 16.1. The zero-order chi connectivity index (χ0) is 26.7. The minimum atomic E-state index is -1.73. The molecule has 2 aliphatic heterocycles. The zero-order valence-corrected chi connectivity index (χ0v) is 20.7. The van der Waals surface area contributed by atoms with E-state index in [1.54, 1.807) is 0 Å². The highest BCUT2D eigenvalue weighted by molar-refractivity contribution is 5.75. The summed E-state index contributed by atoms with van der Waals surface area (Å²) in [4.78, 5) is 11.6. The average molecular weight is 526 g/mol. The van der Waals surface area contributed by atoms with Crippen LogP contribution in [0.3, 0.4) is 0 Å². The van der Waals surface area contributed by atoms with E-state index in [0.717, 1.165) is 32.1 Å². The molecule has 13 heteroatoms. The van der Waals surface area contributed by atoms with Gasteiger partial charge in [-0.05, 0) is 19.3 Å². The van der Waals surface area contributed by atoms with Crippen LogP contribution in [0.15, 0.2) is 0 Å². The number of ether oxygens (including phenoxy) is 4. The summed E-state index contributed by atoms with van der Waals surface area (Å²) < 4.78 is 21.9. The number of carbonyl (C=O) groups excluding carboxylic acids is 1. The van der Waals surface area contributed by atoms with E-state index in [1.165, 1.54) is 0 Å². The predicted molar refractivity (Wildman–Crippen MR) is 123 cm³/mol. The SMILES string of the molecule is CCCCC(=O)NCCCCCCOC1OC(CO)C(O)C(OC2OC(CO)C(O)C(O)C2O)C1O. The molecule has 10 unspecified atom stereocenters. The van der Waals surface area contributed by atoms with Gasteiger partial charge in [-0.1, -0.05) is 26.2 Å². The van der Waals surface area contributed by atoms with Crippen LogP contribution in [-0.4, -0.2) is 129 Å². The molecule has 0 radical (unpaired) electrons. The van der Waals surface area contributed by atoms with Gasteiger partial charge in [-0.25, -0.2) is 0 Å². The van der Waals surface area contributed by atoms with Gasteiger partial charge in [-0.2, -0.15) is 0 Å². The summed E-state index contributed by atoms with van der Waals surface area (Å²) in [5.74, 6) is 0.0599. The summed E-state index contributed by atoms with van der Waals surface area (Å²) in [6.45, 7) is 1.59. The Morgan fingerprint density at radius 3 is 2.08 bits per heavy atom. The van der Waals surface area contributed by atoms with Crippen LogP contribution in [0.4, 0.5) is 0 Å². The predicted octanol–water partition coefficient (Wildman–Crippen LogP) is -2.51. The highest BCUT2D eigenvalue weighted by Crippen LogP contribution is 2.29. The third-order valence-electron chi connectivity index (χ3n) is 6.39. The van der Waals surface area contributed by atoms with Gasteiger partial charge in [0.15, 0.2) is 12.6 Å². The number of unbranched alkanes of at least 4 members (excludes halogenated alkanes) is 4. The molecule has 10 atom stereocenters. The molecule has 212 valence electrons. The van der Waals surface area contributed by atoms with E-state index in [4.69, 9.17) is 18.9 Å². The molecule has 8 N–H and O–H groups in total. The molecule has 0 spiro atoms. The van der Waals surface area contributed by atoms with Gasteiger partial charge >= 0.3 is 0 Å². The molecule has 2 fully saturated rings. The lowest BCUT2D eigenvalue weighted by molar-refractivity contribution is -0.360. The summed E-state index contributed by atoms with van der Waals surface area (Å²) in [5, 5.41) is 73.1. The number of aliphatic hydroxyl groups excluding tert-OH is 7. The van der Waals surface area contributed by atoms with Crippen LogP contribution in [0.25, 0.3) is 0 Å². The molecule has 13 nitrogen and oxygen atoms in total. The van der Waals surface area contributed by atoms with E-state index < -0.39 is 74.6 Å². The van der Waals surface area contributed by atoms with E-state index >= 15 is 0 Å². The second-order valence-corrected chi connectivity index (χ2v) is 9.24. The van der Waals surface area contributed by atoms with Gasteiger partial charge in [0, 0.05) is 19.6 Å². The number of carbonyl (C=O) groups is 1. The molecule has 1 amide bonds. The lowest BCUT2D eigenvalue weighted by Crippen LogP contribution is -2.64. The van der Waals surface area contributed by atoms with Crippen LogP contribution in [0.5, 0.6) is 0 Å². The topological polar surface area (TPSA) is 208 Å². The van der Waals surface area contributed by atoms with Crippen molar-refractivity contribution in [2.75, 3.05) is 26.4 Å². The quantitative estimate of drug-likeness (QED) is 0.104. The minimum absolute atomic E-state index is 0.0599. The van der Waals surface area contributed by atoms with Crippen LogP contribution in [0.1, 0.15) is 51.9 Å². The Balaban J connectivity index is 1.80. The Kier molecular flexibility index (Phi) is 14.0. The van der Waals surface area contributed by atoms with Crippen LogP contribution >= 0.6 is 0 Å². The van der Waals surface area contributed by atoms with Crippen LogP contribution < -0.4 is 5.32 Å². The maximum Gasteiger partial charge on any atom is 0.219 e. The first-order valence-electron chi connectivity index (χ1n) is 12.7. The van der Waals surface area contributed by atoms with Crippen molar-refractivity contribution in [1.29, 1.82) is 0 Å². The fourth-order valence-electron chi connectivity index (χ4n) is 4.12. The largest absolute Gasteiger partial charge is 0.394 e.